The Kier molecular flexibility index (Phi) is 4.12. The minimum absolute atomic E-state index is 0.344. The van der Waals surface area contributed by atoms with Crippen LogP contribution >= 0.6 is 0 Å². The van der Waals surface area contributed by atoms with Gasteiger partial charge in [0, 0.05) is 16.2 Å². The zero-order valence-corrected chi connectivity index (χ0v) is 8.79. The first-order chi connectivity index (χ1) is 7.67. The van der Waals surface area contributed by atoms with Gasteiger partial charge >= 0.3 is 5.97 Å². The van der Waals surface area contributed by atoms with Gasteiger partial charge in [0.05, 0.1) is 0 Å². The van der Waals surface area contributed by atoms with E-state index in [4.69, 9.17) is 10.6 Å². The van der Waals surface area contributed by atoms with Gasteiger partial charge in [0.2, 0.25) is 0 Å². The van der Waals surface area contributed by atoms with E-state index in [1.165, 1.54) is 0 Å². The highest BCUT2D eigenvalue weighted by Gasteiger charge is 2.03. The SMILES string of the molecule is CCC(=Cc1ccc(N=[N+]=[N-])cc1)C(=O)O. The van der Waals surface area contributed by atoms with E-state index in [0.717, 1.165) is 5.56 Å². The predicted octanol–water partition coefficient (Wildman–Crippen LogP) is 3.51. The van der Waals surface area contributed by atoms with Crippen molar-refractivity contribution < 1.29 is 9.90 Å². The average Bonchev–Trinajstić information content (AvgIpc) is 2.28. The summed E-state index contributed by atoms with van der Waals surface area (Å²) in [4.78, 5) is 13.4. The summed E-state index contributed by atoms with van der Waals surface area (Å²) >= 11 is 0. The van der Waals surface area contributed by atoms with Crippen molar-refractivity contribution in [2.24, 2.45) is 5.11 Å². The van der Waals surface area contributed by atoms with E-state index in [9.17, 15) is 4.79 Å². The zero-order chi connectivity index (χ0) is 12.0. The Hall–Kier alpha value is -2.26. The van der Waals surface area contributed by atoms with Gasteiger partial charge in [-0.05, 0) is 23.6 Å². The van der Waals surface area contributed by atoms with Crippen molar-refractivity contribution >= 4 is 17.7 Å². The van der Waals surface area contributed by atoms with E-state index in [-0.39, 0.29) is 0 Å². The minimum atomic E-state index is -0.915. The van der Waals surface area contributed by atoms with Crippen LogP contribution in [0.1, 0.15) is 18.9 Å². The smallest absolute Gasteiger partial charge is 0.331 e. The summed E-state index contributed by atoms with van der Waals surface area (Å²) in [6.45, 7) is 1.79. The molecule has 16 heavy (non-hydrogen) atoms. The number of azide groups is 1. The lowest BCUT2D eigenvalue weighted by atomic mass is 10.1. The first-order valence-corrected chi connectivity index (χ1v) is 4.76. The molecule has 1 aromatic rings. The number of rotatable bonds is 4. The maximum atomic E-state index is 10.8. The standard InChI is InChI=1S/C11H11N3O2/c1-2-9(11(15)16)7-8-3-5-10(6-4-8)13-14-12/h3-7H,2H2,1H3,(H,15,16). The number of hydrogen-bond acceptors (Lipinski definition) is 2. The van der Waals surface area contributed by atoms with Crippen LogP contribution in [0.25, 0.3) is 16.5 Å². The van der Waals surface area contributed by atoms with Gasteiger partial charge in [0.1, 0.15) is 0 Å². The second-order valence-corrected chi connectivity index (χ2v) is 3.11. The number of hydrogen-bond donors (Lipinski definition) is 1. The summed E-state index contributed by atoms with van der Waals surface area (Å²) in [6, 6.07) is 6.70. The quantitative estimate of drug-likeness (QED) is 0.362. The van der Waals surface area contributed by atoms with Crippen molar-refractivity contribution in [2.45, 2.75) is 13.3 Å². The normalized spacial score (nSPS) is 10.7. The number of aliphatic carboxylic acids is 1. The summed E-state index contributed by atoms with van der Waals surface area (Å²) in [5, 5.41) is 12.3. The minimum Gasteiger partial charge on any atom is -0.478 e. The average molecular weight is 217 g/mol. The molecule has 0 spiro atoms. The molecular weight excluding hydrogens is 206 g/mol. The fourth-order valence-corrected chi connectivity index (χ4v) is 1.21. The highest BCUT2D eigenvalue weighted by atomic mass is 16.4. The number of carboxylic acid groups (broad SMARTS) is 1. The first-order valence-electron chi connectivity index (χ1n) is 4.76. The Balaban J connectivity index is 2.97. The van der Waals surface area contributed by atoms with Gasteiger partial charge in [0.15, 0.2) is 0 Å². The highest BCUT2D eigenvalue weighted by molar-refractivity contribution is 5.92. The van der Waals surface area contributed by atoms with Crippen LogP contribution < -0.4 is 0 Å². The van der Waals surface area contributed by atoms with Crippen LogP contribution in [0.5, 0.6) is 0 Å². The first kappa shape index (κ1) is 11.8. The zero-order valence-electron chi connectivity index (χ0n) is 8.79. The van der Waals surface area contributed by atoms with Crippen molar-refractivity contribution in [1.82, 2.24) is 0 Å². The number of carboxylic acids is 1. The Morgan fingerprint density at radius 2 is 2.12 bits per heavy atom. The fourth-order valence-electron chi connectivity index (χ4n) is 1.21. The van der Waals surface area contributed by atoms with Crippen LogP contribution in [0.4, 0.5) is 5.69 Å². The van der Waals surface area contributed by atoms with Gasteiger partial charge in [0.25, 0.3) is 0 Å². The van der Waals surface area contributed by atoms with Crippen LogP contribution in [-0.2, 0) is 4.79 Å². The highest BCUT2D eigenvalue weighted by Crippen LogP contribution is 2.16. The van der Waals surface area contributed by atoms with Gasteiger partial charge in [-0.15, -0.1) is 0 Å². The Morgan fingerprint density at radius 3 is 2.56 bits per heavy atom. The summed E-state index contributed by atoms with van der Waals surface area (Å²) < 4.78 is 0. The largest absolute Gasteiger partial charge is 0.478 e. The Labute approximate surface area is 92.7 Å². The third kappa shape index (κ3) is 3.15. The predicted molar refractivity (Wildman–Crippen MR) is 61.2 cm³/mol. The Morgan fingerprint density at radius 1 is 1.50 bits per heavy atom. The maximum absolute atomic E-state index is 10.8. The lowest BCUT2D eigenvalue weighted by Crippen LogP contribution is -1.98. The van der Waals surface area contributed by atoms with Crippen LogP contribution in [-0.4, -0.2) is 11.1 Å². The molecule has 0 unspecified atom stereocenters. The van der Waals surface area contributed by atoms with Crippen molar-refractivity contribution in [2.75, 3.05) is 0 Å². The molecule has 5 nitrogen and oxygen atoms in total. The molecule has 1 N–H and O–H groups in total. The summed E-state index contributed by atoms with van der Waals surface area (Å²) in [7, 11) is 0. The lowest BCUT2D eigenvalue weighted by Gasteiger charge is -1.99. The number of nitrogens with zero attached hydrogens (tertiary/aromatic N) is 3. The Bertz CT molecular complexity index is 457. The maximum Gasteiger partial charge on any atom is 0.331 e. The van der Waals surface area contributed by atoms with Crippen molar-refractivity contribution in [3.63, 3.8) is 0 Å². The molecule has 1 aromatic carbocycles. The van der Waals surface area contributed by atoms with Crippen LogP contribution in [0, 0.1) is 0 Å². The summed E-state index contributed by atoms with van der Waals surface area (Å²) in [5.74, 6) is -0.915. The fraction of sp³-hybridized carbons (Fsp3) is 0.182. The molecule has 0 saturated carbocycles. The van der Waals surface area contributed by atoms with E-state index in [1.54, 1.807) is 37.3 Å². The van der Waals surface area contributed by atoms with Crippen molar-refractivity contribution in [3.8, 4) is 0 Å². The molecule has 0 aliphatic rings. The number of benzene rings is 1. The second-order valence-electron chi connectivity index (χ2n) is 3.11. The third-order valence-electron chi connectivity index (χ3n) is 2.05. The van der Waals surface area contributed by atoms with Crippen LogP contribution in [0.3, 0.4) is 0 Å². The van der Waals surface area contributed by atoms with Crippen LogP contribution in [0.15, 0.2) is 35.0 Å². The molecule has 0 saturated heterocycles. The molecular formula is C11H11N3O2. The molecule has 5 heteroatoms. The molecule has 1 rings (SSSR count). The van der Waals surface area contributed by atoms with Crippen molar-refractivity contribution in [1.29, 1.82) is 0 Å². The van der Waals surface area contributed by atoms with Crippen molar-refractivity contribution in [3.05, 3.63) is 45.8 Å². The molecule has 0 atom stereocenters. The van der Waals surface area contributed by atoms with Gasteiger partial charge in [-0.3, -0.25) is 0 Å². The van der Waals surface area contributed by atoms with E-state index < -0.39 is 5.97 Å². The van der Waals surface area contributed by atoms with Gasteiger partial charge < -0.3 is 5.11 Å². The molecule has 0 radical (unpaired) electrons. The van der Waals surface area contributed by atoms with E-state index in [1.807, 2.05) is 0 Å². The van der Waals surface area contributed by atoms with Gasteiger partial charge in [-0.25, -0.2) is 4.79 Å². The van der Waals surface area contributed by atoms with E-state index in [0.29, 0.717) is 17.7 Å². The molecule has 82 valence electrons. The topological polar surface area (TPSA) is 86.1 Å². The van der Waals surface area contributed by atoms with E-state index in [2.05, 4.69) is 10.0 Å². The molecule has 0 amide bonds. The lowest BCUT2D eigenvalue weighted by molar-refractivity contribution is -0.132. The molecule has 0 bridgehead atoms. The second kappa shape index (κ2) is 5.58. The summed E-state index contributed by atoms with van der Waals surface area (Å²) in [5.41, 5.74) is 9.84. The third-order valence-corrected chi connectivity index (χ3v) is 2.05. The molecule has 0 aromatic heterocycles. The molecule has 0 aliphatic heterocycles. The summed E-state index contributed by atoms with van der Waals surface area (Å²) in [6.07, 6.45) is 2.07. The number of carbonyl (C=O) groups is 1. The molecule has 0 aliphatic carbocycles. The van der Waals surface area contributed by atoms with E-state index >= 15 is 0 Å². The van der Waals surface area contributed by atoms with Crippen LogP contribution in [0.2, 0.25) is 0 Å². The van der Waals surface area contributed by atoms with Gasteiger partial charge in [-0.2, -0.15) is 0 Å². The molecule has 0 fully saturated rings. The monoisotopic (exact) mass is 217 g/mol. The molecule has 0 heterocycles. The van der Waals surface area contributed by atoms with Gasteiger partial charge in [-0.1, -0.05) is 36.3 Å².